The first-order valence-electron chi connectivity index (χ1n) is 5.91. The Bertz CT molecular complexity index is 386. The van der Waals surface area contributed by atoms with Crippen LogP contribution in [-0.4, -0.2) is 24.2 Å². The summed E-state index contributed by atoms with van der Waals surface area (Å²) < 4.78 is 5.25. The van der Waals surface area contributed by atoms with Gasteiger partial charge in [-0.2, -0.15) is 0 Å². The topological polar surface area (TPSA) is 58.6 Å². The molecule has 2 N–H and O–H groups in total. The standard InChI is InChI=1S/C13H17NO3/c15-12-4-2-1-3-11(12)14-13(16)9-10-5-7-17-8-6-10/h1-4,10,15H,5-9H2,(H,14,16). The number of phenols is 1. The molecule has 0 atom stereocenters. The van der Waals surface area contributed by atoms with Crippen LogP contribution in [0.25, 0.3) is 0 Å². The molecular formula is C13H17NO3. The zero-order valence-electron chi connectivity index (χ0n) is 9.69. The first-order valence-corrected chi connectivity index (χ1v) is 5.91. The van der Waals surface area contributed by atoms with Crippen LogP contribution < -0.4 is 5.32 Å². The smallest absolute Gasteiger partial charge is 0.224 e. The van der Waals surface area contributed by atoms with E-state index < -0.39 is 0 Å². The number of amides is 1. The van der Waals surface area contributed by atoms with Gasteiger partial charge < -0.3 is 15.2 Å². The molecule has 1 aromatic rings. The van der Waals surface area contributed by atoms with Crippen molar-refractivity contribution in [1.82, 2.24) is 0 Å². The molecule has 0 bridgehead atoms. The number of carbonyl (C=O) groups is 1. The molecule has 2 rings (SSSR count). The molecule has 1 aliphatic rings. The normalized spacial score (nSPS) is 16.7. The number of phenolic OH excluding ortho intramolecular Hbond substituents is 1. The van der Waals surface area contributed by atoms with Crippen molar-refractivity contribution < 1.29 is 14.6 Å². The molecular weight excluding hydrogens is 218 g/mol. The van der Waals surface area contributed by atoms with Crippen LogP contribution in [-0.2, 0) is 9.53 Å². The van der Waals surface area contributed by atoms with Gasteiger partial charge in [0.2, 0.25) is 5.91 Å². The number of hydrogen-bond donors (Lipinski definition) is 2. The van der Waals surface area contributed by atoms with Gasteiger partial charge in [-0.1, -0.05) is 12.1 Å². The molecule has 1 heterocycles. The molecule has 0 aliphatic carbocycles. The molecule has 92 valence electrons. The van der Waals surface area contributed by atoms with Gasteiger partial charge >= 0.3 is 0 Å². The third kappa shape index (κ3) is 3.46. The number of nitrogens with one attached hydrogen (secondary N) is 1. The van der Waals surface area contributed by atoms with Crippen LogP contribution in [0.1, 0.15) is 19.3 Å². The molecule has 0 saturated carbocycles. The fraction of sp³-hybridized carbons (Fsp3) is 0.462. The number of hydrogen-bond acceptors (Lipinski definition) is 3. The molecule has 0 spiro atoms. The highest BCUT2D eigenvalue weighted by Crippen LogP contribution is 2.23. The summed E-state index contributed by atoms with van der Waals surface area (Å²) in [4.78, 5) is 11.8. The molecule has 1 aromatic carbocycles. The van der Waals surface area contributed by atoms with Gasteiger partial charge in [-0.25, -0.2) is 0 Å². The minimum atomic E-state index is -0.0431. The maximum absolute atomic E-state index is 11.8. The van der Waals surface area contributed by atoms with Crippen molar-refractivity contribution in [1.29, 1.82) is 0 Å². The van der Waals surface area contributed by atoms with E-state index in [2.05, 4.69) is 5.32 Å². The summed E-state index contributed by atoms with van der Waals surface area (Å²) in [5.41, 5.74) is 0.476. The summed E-state index contributed by atoms with van der Waals surface area (Å²) in [6.07, 6.45) is 2.38. The van der Waals surface area contributed by atoms with Crippen molar-refractivity contribution in [2.24, 2.45) is 5.92 Å². The SMILES string of the molecule is O=C(CC1CCOCC1)Nc1ccccc1O. The summed E-state index contributed by atoms with van der Waals surface area (Å²) in [5, 5.41) is 12.3. The van der Waals surface area contributed by atoms with Crippen LogP contribution in [0.15, 0.2) is 24.3 Å². The average Bonchev–Trinajstić information content (AvgIpc) is 2.33. The van der Waals surface area contributed by atoms with Gasteiger partial charge in [-0.3, -0.25) is 4.79 Å². The Morgan fingerprint density at radius 2 is 2.06 bits per heavy atom. The van der Waals surface area contributed by atoms with Crippen LogP contribution >= 0.6 is 0 Å². The minimum Gasteiger partial charge on any atom is -0.506 e. The molecule has 1 amide bonds. The maximum Gasteiger partial charge on any atom is 0.224 e. The van der Waals surface area contributed by atoms with Gasteiger partial charge in [-0.05, 0) is 30.9 Å². The largest absolute Gasteiger partial charge is 0.506 e. The van der Waals surface area contributed by atoms with E-state index in [9.17, 15) is 9.90 Å². The monoisotopic (exact) mass is 235 g/mol. The maximum atomic E-state index is 11.8. The molecule has 1 aliphatic heterocycles. The van der Waals surface area contributed by atoms with E-state index in [4.69, 9.17) is 4.74 Å². The van der Waals surface area contributed by atoms with E-state index in [-0.39, 0.29) is 11.7 Å². The first-order chi connectivity index (χ1) is 8.25. The second-order valence-corrected chi connectivity index (χ2v) is 4.33. The number of para-hydroxylation sites is 2. The van der Waals surface area contributed by atoms with Crippen LogP contribution in [0.4, 0.5) is 5.69 Å². The van der Waals surface area contributed by atoms with E-state index in [1.54, 1.807) is 24.3 Å². The molecule has 0 aromatic heterocycles. The predicted octanol–water partition coefficient (Wildman–Crippen LogP) is 2.15. The lowest BCUT2D eigenvalue weighted by atomic mass is 9.96. The minimum absolute atomic E-state index is 0.0431. The molecule has 4 nitrogen and oxygen atoms in total. The van der Waals surface area contributed by atoms with Gasteiger partial charge in [0.25, 0.3) is 0 Å². The molecule has 0 unspecified atom stereocenters. The van der Waals surface area contributed by atoms with Gasteiger partial charge in [-0.15, -0.1) is 0 Å². The van der Waals surface area contributed by atoms with E-state index in [0.717, 1.165) is 26.1 Å². The van der Waals surface area contributed by atoms with E-state index >= 15 is 0 Å². The van der Waals surface area contributed by atoms with E-state index in [0.29, 0.717) is 18.0 Å². The van der Waals surface area contributed by atoms with E-state index in [1.165, 1.54) is 0 Å². The van der Waals surface area contributed by atoms with Gasteiger partial charge in [0, 0.05) is 19.6 Å². The quantitative estimate of drug-likeness (QED) is 0.789. The van der Waals surface area contributed by atoms with Crippen molar-refractivity contribution in [2.75, 3.05) is 18.5 Å². The number of aromatic hydroxyl groups is 1. The third-order valence-corrected chi connectivity index (χ3v) is 2.99. The fourth-order valence-electron chi connectivity index (χ4n) is 1.99. The molecule has 4 heteroatoms. The van der Waals surface area contributed by atoms with Crippen LogP contribution in [0, 0.1) is 5.92 Å². The third-order valence-electron chi connectivity index (χ3n) is 2.99. The Kier molecular flexibility index (Phi) is 3.98. The van der Waals surface area contributed by atoms with Gasteiger partial charge in [0.1, 0.15) is 5.75 Å². The second-order valence-electron chi connectivity index (χ2n) is 4.33. The molecule has 0 radical (unpaired) electrons. The second kappa shape index (κ2) is 5.68. The van der Waals surface area contributed by atoms with Crippen molar-refractivity contribution in [3.05, 3.63) is 24.3 Å². The molecule has 1 fully saturated rings. The summed E-state index contributed by atoms with van der Waals surface area (Å²) in [7, 11) is 0. The predicted molar refractivity (Wildman–Crippen MR) is 64.9 cm³/mol. The van der Waals surface area contributed by atoms with Crippen LogP contribution in [0.5, 0.6) is 5.75 Å². The highest BCUT2D eigenvalue weighted by molar-refractivity contribution is 5.92. The van der Waals surface area contributed by atoms with E-state index in [1.807, 2.05) is 0 Å². The summed E-state index contributed by atoms with van der Waals surface area (Å²) >= 11 is 0. The van der Waals surface area contributed by atoms with Crippen molar-refractivity contribution in [3.8, 4) is 5.75 Å². The zero-order chi connectivity index (χ0) is 12.1. The van der Waals surface area contributed by atoms with Crippen molar-refractivity contribution in [3.63, 3.8) is 0 Å². The molecule has 1 saturated heterocycles. The van der Waals surface area contributed by atoms with Gasteiger partial charge in [0.05, 0.1) is 5.69 Å². The fourth-order valence-corrected chi connectivity index (χ4v) is 1.99. The Labute approximate surface area is 101 Å². The summed E-state index contributed by atoms with van der Waals surface area (Å²) in [5.74, 6) is 0.459. The number of carbonyl (C=O) groups excluding carboxylic acids is 1. The first kappa shape index (κ1) is 11.9. The number of anilines is 1. The Morgan fingerprint density at radius 3 is 2.76 bits per heavy atom. The molecule has 17 heavy (non-hydrogen) atoms. The Balaban J connectivity index is 1.86. The van der Waals surface area contributed by atoms with Gasteiger partial charge in [0.15, 0.2) is 0 Å². The Morgan fingerprint density at radius 1 is 1.35 bits per heavy atom. The number of benzene rings is 1. The van der Waals surface area contributed by atoms with Crippen LogP contribution in [0.3, 0.4) is 0 Å². The summed E-state index contributed by atoms with van der Waals surface area (Å²) in [6.45, 7) is 1.49. The van der Waals surface area contributed by atoms with Crippen LogP contribution in [0.2, 0.25) is 0 Å². The summed E-state index contributed by atoms with van der Waals surface area (Å²) in [6, 6.07) is 6.76. The lowest BCUT2D eigenvalue weighted by Crippen LogP contribution is -2.22. The lowest BCUT2D eigenvalue weighted by Gasteiger charge is -2.21. The highest BCUT2D eigenvalue weighted by Gasteiger charge is 2.17. The number of ether oxygens (including phenoxy) is 1. The van der Waals surface area contributed by atoms with Crippen molar-refractivity contribution >= 4 is 11.6 Å². The highest BCUT2D eigenvalue weighted by atomic mass is 16.5. The van der Waals surface area contributed by atoms with Crippen molar-refractivity contribution in [2.45, 2.75) is 19.3 Å². The zero-order valence-corrected chi connectivity index (χ0v) is 9.69. The average molecular weight is 235 g/mol. The number of rotatable bonds is 3. The lowest BCUT2D eigenvalue weighted by molar-refractivity contribution is -0.117. The Hall–Kier alpha value is -1.55.